The minimum absolute atomic E-state index is 0.168. The molecule has 2 aliphatic rings. The van der Waals surface area contributed by atoms with E-state index >= 15 is 0 Å². The van der Waals surface area contributed by atoms with Crippen molar-refractivity contribution in [2.24, 2.45) is 17.3 Å². The molecular formula is C23H31NO5S. The van der Waals surface area contributed by atoms with Gasteiger partial charge in [0.05, 0.1) is 17.7 Å². The van der Waals surface area contributed by atoms with E-state index in [2.05, 4.69) is 20.8 Å². The average molecular weight is 434 g/mol. The van der Waals surface area contributed by atoms with Crippen molar-refractivity contribution in [1.29, 1.82) is 0 Å². The number of para-hydroxylation sites is 1. The van der Waals surface area contributed by atoms with Crippen LogP contribution in [0.15, 0.2) is 41.8 Å². The summed E-state index contributed by atoms with van der Waals surface area (Å²) in [6, 6.07) is 8.26. The molecule has 7 heteroatoms. The molecule has 1 aromatic rings. The van der Waals surface area contributed by atoms with Crippen LogP contribution in [0, 0.1) is 17.3 Å². The van der Waals surface area contributed by atoms with Crippen LogP contribution in [0.2, 0.25) is 0 Å². The van der Waals surface area contributed by atoms with Gasteiger partial charge in [-0.2, -0.15) is 0 Å². The molecule has 0 bridgehead atoms. The molecule has 1 atom stereocenters. The second-order valence-corrected chi connectivity index (χ2v) is 11.3. The van der Waals surface area contributed by atoms with Gasteiger partial charge in [0.2, 0.25) is 0 Å². The molecule has 1 aromatic carbocycles. The van der Waals surface area contributed by atoms with Crippen LogP contribution in [-0.2, 0) is 24.2 Å². The van der Waals surface area contributed by atoms with Crippen molar-refractivity contribution in [3.8, 4) is 0 Å². The smallest absolute Gasteiger partial charge is 0.309 e. The summed E-state index contributed by atoms with van der Waals surface area (Å²) < 4.78 is 29.1. The van der Waals surface area contributed by atoms with Gasteiger partial charge < -0.3 is 9.64 Å². The summed E-state index contributed by atoms with van der Waals surface area (Å²) in [5.41, 5.74) is 0.812. The number of hydrogen-bond donors (Lipinski definition) is 0. The van der Waals surface area contributed by atoms with E-state index in [1.165, 1.54) is 11.0 Å². The van der Waals surface area contributed by atoms with Crippen molar-refractivity contribution >= 4 is 27.4 Å². The normalized spacial score (nSPS) is 25.6. The monoisotopic (exact) mass is 433 g/mol. The van der Waals surface area contributed by atoms with Crippen LogP contribution in [0.25, 0.3) is 0 Å². The second kappa shape index (κ2) is 8.92. The van der Waals surface area contributed by atoms with E-state index in [-0.39, 0.29) is 23.1 Å². The molecule has 1 unspecified atom stereocenters. The van der Waals surface area contributed by atoms with Crippen LogP contribution >= 0.6 is 0 Å². The number of esters is 1. The van der Waals surface area contributed by atoms with E-state index in [1.807, 2.05) is 6.07 Å². The zero-order valence-corrected chi connectivity index (χ0v) is 18.7. The summed E-state index contributed by atoms with van der Waals surface area (Å²) in [5.74, 6) is -0.512. The number of benzene rings is 1. The molecule has 3 rings (SSSR count). The quantitative estimate of drug-likeness (QED) is 0.661. The van der Waals surface area contributed by atoms with E-state index in [0.29, 0.717) is 11.6 Å². The standard InChI is InChI=1S/C23H31NO5S/c1-23(2,3)18-11-9-17(10-12-18)22(26)29-15-21(25)24(19-7-5-4-6-8-19)20-13-14-30(27,28)16-20/h4-8,13-14,17-18,20H,9-12,15-16H2,1-3H3. The number of rotatable bonds is 5. The van der Waals surface area contributed by atoms with E-state index in [1.54, 1.807) is 24.3 Å². The average Bonchev–Trinajstić information content (AvgIpc) is 3.05. The largest absolute Gasteiger partial charge is 0.455 e. The number of sulfone groups is 1. The highest BCUT2D eigenvalue weighted by atomic mass is 32.2. The van der Waals surface area contributed by atoms with Gasteiger partial charge in [0.15, 0.2) is 16.4 Å². The van der Waals surface area contributed by atoms with Crippen LogP contribution in [0.1, 0.15) is 46.5 Å². The SMILES string of the molecule is CC(C)(C)C1CCC(C(=O)OCC(=O)N(c2ccccc2)C2C=CS(=O)(=O)C2)CC1. The summed E-state index contributed by atoms with van der Waals surface area (Å²) in [5, 5.41) is 1.14. The highest BCUT2D eigenvalue weighted by Crippen LogP contribution is 2.40. The Kier molecular flexibility index (Phi) is 6.70. The van der Waals surface area contributed by atoms with Gasteiger partial charge in [0.25, 0.3) is 5.91 Å². The molecule has 1 aliphatic carbocycles. The topological polar surface area (TPSA) is 80.8 Å². The Labute approximate surface area is 179 Å². The molecule has 0 radical (unpaired) electrons. The summed E-state index contributed by atoms with van der Waals surface area (Å²) in [6.45, 7) is 6.29. The molecule has 0 aromatic heterocycles. The molecule has 1 saturated carbocycles. The fraction of sp³-hybridized carbons (Fsp3) is 0.565. The van der Waals surface area contributed by atoms with Crippen LogP contribution in [0.4, 0.5) is 5.69 Å². The molecule has 0 saturated heterocycles. The molecule has 0 N–H and O–H groups in total. The van der Waals surface area contributed by atoms with Gasteiger partial charge in [-0.05, 0) is 55.2 Å². The van der Waals surface area contributed by atoms with Gasteiger partial charge in [-0.1, -0.05) is 39.0 Å². The Morgan fingerprint density at radius 1 is 1.07 bits per heavy atom. The third-order valence-electron chi connectivity index (χ3n) is 6.17. The first-order chi connectivity index (χ1) is 14.1. The Morgan fingerprint density at radius 3 is 2.23 bits per heavy atom. The molecule has 6 nitrogen and oxygen atoms in total. The Bertz CT molecular complexity index is 893. The highest BCUT2D eigenvalue weighted by molar-refractivity contribution is 7.94. The van der Waals surface area contributed by atoms with Gasteiger partial charge in [0.1, 0.15) is 0 Å². The first-order valence-electron chi connectivity index (χ1n) is 10.5. The Morgan fingerprint density at radius 2 is 1.70 bits per heavy atom. The second-order valence-electron chi connectivity index (χ2n) is 9.35. The van der Waals surface area contributed by atoms with E-state index in [4.69, 9.17) is 4.74 Å². The summed E-state index contributed by atoms with van der Waals surface area (Å²) in [7, 11) is -3.33. The van der Waals surface area contributed by atoms with Crippen LogP contribution in [0.3, 0.4) is 0 Å². The molecule has 0 spiro atoms. The fourth-order valence-corrected chi connectivity index (χ4v) is 5.61. The van der Waals surface area contributed by atoms with Gasteiger partial charge in [-0.3, -0.25) is 9.59 Å². The number of amides is 1. The first kappa shape index (κ1) is 22.5. The van der Waals surface area contributed by atoms with Crippen LogP contribution < -0.4 is 4.90 Å². The highest BCUT2D eigenvalue weighted by Gasteiger charge is 2.35. The van der Waals surface area contributed by atoms with Crippen molar-refractivity contribution < 1.29 is 22.7 Å². The van der Waals surface area contributed by atoms with Crippen LogP contribution in [0.5, 0.6) is 0 Å². The van der Waals surface area contributed by atoms with Gasteiger partial charge in [-0.15, -0.1) is 0 Å². The minimum Gasteiger partial charge on any atom is -0.455 e. The summed E-state index contributed by atoms with van der Waals surface area (Å²) in [6.07, 6.45) is 5.04. The number of anilines is 1. The van der Waals surface area contributed by atoms with E-state index < -0.39 is 28.4 Å². The van der Waals surface area contributed by atoms with Crippen molar-refractivity contribution in [2.45, 2.75) is 52.5 Å². The molecule has 30 heavy (non-hydrogen) atoms. The van der Waals surface area contributed by atoms with E-state index in [9.17, 15) is 18.0 Å². The van der Waals surface area contributed by atoms with Crippen LogP contribution in [-0.4, -0.2) is 38.7 Å². The Hall–Kier alpha value is -2.15. The maximum atomic E-state index is 12.9. The molecular weight excluding hydrogens is 402 g/mol. The van der Waals surface area contributed by atoms with Crippen molar-refractivity contribution in [2.75, 3.05) is 17.3 Å². The molecule has 1 amide bonds. The first-order valence-corrected chi connectivity index (χ1v) is 12.2. The molecule has 164 valence electrons. The van der Waals surface area contributed by atoms with Crippen molar-refractivity contribution in [1.82, 2.24) is 0 Å². The third-order valence-corrected chi connectivity index (χ3v) is 7.55. The number of carbonyl (C=O) groups is 2. The zero-order chi connectivity index (χ0) is 21.9. The molecule has 1 aliphatic heterocycles. The lowest BCUT2D eigenvalue weighted by Crippen LogP contribution is -2.43. The minimum atomic E-state index is -3.33. The van der Waals surface area contributed by atoms with Gasteiger partial charge in [0, 0.05) is 11.1 Å². The maximum absolute atomic E-state index is 12.9. The van der Waals surface area contributed by atoms with E-state index in [0.717, 1.165) is 31.1 Å². The Balaban J connectivity index is 1.61. The predicted molar refractivity (Wildman–Crippen MR) is 117 cm³/mol. The predicted octanol–water partition coefficient (Wildman–Crippen LogP) is 3.73. The third kappa shape index (κ3) is 5.50. The summed E-state index contributed by atoms with van der Waals surface area (Å²) in [4.78, 5) is 26.9. The lowest BCUT2D eigenvalue weighted by molar-refractivity contribution is -0.153. The summed E-state index contributed by atoms with van der Waals surface area (Å²) >= 11 is 0. The number of hydrogen-bond acceptors (Lipinski definition) is 5. The van der Waals surface area contributed by atoms with Gasteiger partial charge in [-0.25, -0.2) is 8.42 Å². The lowest BCUT2D eigenvalue weighted by atomic mass is 9.70. The number of nitrogens with zero attached hydrogens (tertiary/aromatic N) is 1. The lowest BCUT2D eigenvalue weighted by Gasteiger charge is -2.36. The zero-order valence-electron chi connectivity index (χ0n) is 17.9. The van der Waals surface area contributed by atoms with Gasteiger partial charge >= 0.3 is 5.97 Å². The van der Waals surface area contributed by atoms with Crippen molar-refractivity contribution in [3.63, 3.8) is 0 Å². The maximum Gasteiger partial charge on any atom is 0.309 e. The molecule has 1 fully saturated rings. The fourth-order valence-electron chi connectivity index (χ4n) is 4.34. The number of carbonyl (C=O) groups excluding carboxylic acids is 2. The number of ether oxygens (including phenoxy) is 1. The van der Waals surface area contributed by atoms with Crippen molar-refractivity contribution in [3.05, 3.63) is 41.8 Å². The molecule has 1 heterocycles.